The van der Waals surface area contributed by atoms with Crippen LogP contribution in [0, 0.1) is 6.92 Å². The summed E-state index contributed by atoms with van der Waals surface area (Å²) in [6.07, 6.45) is 0. The number of rotatable bonds is 8. The van der Waals surface area contributed by atoms with Crippen molar-refractivity contribution in [2.75, 3.05) is 26.8 Å². The van der Waals surface area contributed by atoms with E-state index < -0.39 is 0 Å². The van der Waals surface area contributed by atoms with Gasteiger partial charge in [-0.1, -0.05) is 38.5 Å². The number of aryl methyl sites for hydroxylation is 1. The number of hydrogen-bond donors (Lipinski definition) is 2. The SMILES string of the molecule is COc1ccc(C(=O)NCCNC(=O)COc2ccc(C)cc2C(C)(C)C)cc1. The van der Waals surface area contributed by atoms with Gasteiger partial charge in [-0.15, -0.1) is 0 Å². The Morgan fingerprint density at radius 2 is 1.62 bits per heavy atom. The fourth-order valence-electron chi connectivity index (χ4n) is 2.77. The van der Waals surface area contributed by atoms with Crippen LogP contribution in [0.25, 0.3) is 0 Å². The van der Waals surface area contributed by atoms with E-state index >= 15 is 0 Å². The predicted octanol–water partition coefficient (Wildman–Crippen LogP) is 3.23. The zero-order valence-electron chi connectivity index (χ0n) is 17.8. The number of benzene rings is 2. The quantitative estimate of drug-likeness (QED) is 0.670. The van der Waals surface area contributed by atoms with Gasteiger partial charge in [0.1, 0.15) is 11.5 Å². The maximum absolute atomic E-state index is 12.1. The summed E-state index contributed by atoms with van der Waals surface area (Å²) in [6.45, 7) is 8.95. The van der Waals surface area contributed by atoms with Gasteiger partial charge >= 0.3 is 0 Å². The molecule has 0 bridgehead atoms. The Morgan fingerprint density at radius 1 is 0.966 bits per heavy atom. The zero-order valence-corrected chi connectivity index (χ0v) is 17.8. The molecule has 6 nitrogen and oxygen atoms in total. The summed E-state index contributed by atoms with van der Waals surface area (Å²) in [4.78, 5) is 24.1. The van der Waals surface area contributed by atoms with E-state index in [1.807, 2.05) is 19.1 Å². The van der Waals surface area contributed by atoms with E-state index in [1.54, 1.807) is 31.4 Å². The van der Waals surface area contributed by atoms with Gasteiger partial charge in [0.25, 0.3) is 11.8 Å². The average molecular weight is 399 g/mol. The fraction of sp³-hybridized carbons (Fsp3) is 0.391. The molecule has 0 radical (unpaired) electrons. The molecule has 2 aromatic rings. The van der Waals surface area contributed by atoms with Crippen molar-refractivity contribution >= 4 is 11.8 Å². The number of methoxy groups -OCH3 is 1. The maximum atomic E-state index is 12.1. The lowest BCUT2D eigenvalue weighted by Crippen LogP contribution is -2.36. The highest BCUT2D eigenvalue weighted by Crippen LogP contribution is 2.32. The molecule has 0 fully saturated rings. The van der Waals surface area contributed by atoms with Crippen molar-refractivity contribution in [3.63, 3.8) is 0 Å². The minimum Gasteiger partial charge on any atom is -0.497 e. The lowest BCUT2D eigenvalue weighted by molar-refractivity contribution is -0.123. The summed E-state index contributed by atoms with van der Waals surface area (Å²) in [7, 11) is 1.57. The molecule has 0 aliphatic rings. The van der Waals surface area contributed by atoms with E-state index in [2.05, 4.69) is 37.5 Å². The molecule has 2 amide bonds. The molecule has 0 spiro atoms. The van der Waals surface area contributed by atoms with Crippen LogP contribution in [0.2, 0.25) is 0 Å². The molecule has 29 heavy (non-hydrogen) atoms. The highest BCUT2D eigenvalue weighted by atomic mass is 16.5. The third-order valence-electron chi connectivity index (χ3n) is 4.39. The normalized spacial score (nSPS) is 10.9. The van der Waals surface area contributed by atoms with Crippen LogP contribution in [0.3, 0.4) is 0 Å². The van der Waals surface area contributed by atoms with Crippen molar-refractivity contribution in [1.29, 1.82) is 0 Å². The summed E-state index contributed by atoms with van der Waals surface area (Å²) in [6, 6.07) is 12.8. The molecule has 0 atom stereocenters. The first-order chi connectivity index (χ1) is 13.7. The zero-order chi connectivity index (χ0) is 21.4. The number of nitrogens with one attached hydrogen (secondary N) is 2. The molecule has 0 saturated heterocycles. The van der Waals surface area contributed by atoms with Gasteiger partial charge in [-0.05, 0) is 48.2 Å². The Hall–Kier alpha value is -3.02. The molecule has 2 rings (SSSR count). The highest BCUT2D eigenvalue weighted by Gasteiger charge is 2.19. The van der Waals surface area contributed by atoms with Gasteiger partial charge in [-0.2, -0.15) is 0 Å². The lowest BCUT2D eigenvalue weighted by atomic mass is 9.85. The summed E-state index contributed by atoms with van der Waals surface area (Å²) >= 11 is 0. The van der Waals surface area contributed by atoms with E-state index in [9.17, 15) is 9.59 Å². The first-order valence-electron chi connectivity index (χ1n) is 9.63. The molecule has 2 aromatic carbocycles. The van der Waals surface area contributed by atoms with E-state index in [-0.39, 0.29) is 23.8 Å². The number of hydrogen-bond acceptors (Lipinski definition) is 4. The first-order valence-corrected chi connectivity index (χ1v) is 9.63. The van der Waals surface area contributed by atoms with Crippen LogP contribution >= 0.6 is 0 Å². The van der Waals surface area contributed by atoms with E-state index in [1.165, 1.54) is 0 Å². The smallest absolute Gasteiger partial charge is 0.258 e. The summed E-state index contributed by atoms with van der Waals surface area (Å²) in [5.41, 5.74) is 2.68. The van der Waals surface area contributed by atoms with E-state index in [0.29, 0.717) is 30.2 Å². The highest BCUT2D eigenvalue weighted by molar-refractivity contribution is 5.94. The summed E-state index contributed by atoms with van der Waals surface area (Å²) in [5, 5.41) is 5.51. The van der Waals surface area contributed by atoms with Crippen LogP contribution < -0.4 is 20.1 Å². The predicted molar refractivity (Wildman–Crippen MR) is 114 cm³/mol. The number of ether oxygens (including phenoxy) is 2. The third kappa shape index (κ3) is 6.82. The second kappa shape index (κ2) is 9.96. The maximum Gasteiger partial charge on any atom is 0.258 e. The van der Waals surface area contributed by atoms with Gasteiger partial charge in [0.2, 0.25) is 0 Å². The standard InChI is InChI=1S/C23H30N2O4/c1-16-6-11-20(19(14-16)23(2,3)4)29-15-21(26)24-12-13-25-22(27)17-7-9-18(28-5)10-8-17/h6-11,14H,12-13,15H2,1-5H3,(H,24,26)(H,25,27). The van der Waals surface area contributed by atoms with Crippen molar-refractivity contribution in [3.05, 3.63) is 59.2 Å². The molecular weight excluding hydrogens is 368 g/mol. The second-order valence-electron chi connectivity index (χ2n) is 7.87. The fourth-order valence-corrected chi connectivity index (χ4v) is 2.77. The molecule has 0 aromatic heterocycles. The largest absolute Gasteiger partial charge is 0.497 e. The molecular formula is C23H30N2O4. The summed E-state index contributed by atoms with van der Waals surface area (Å²) < 4.78 is 10.8. The Labute approximate surface area is 172 Å². The molecule has 2 N–H and O–H groups in total. The van der Waals surface area contributed by atoms with Crippen LogP contribution in [0.1, 0.15) is 42.3 Å². The lowest BCUT2D eigenvalue weighted by Gasteiger charge is -2.23. The monoisotopic (exact) mass is 398 g/mol. The van der Waals surface area contributed by atoms with Gasteiger partial charge in [-0.25, -0.2) is 0 Å². The molecule has 0 aliphatic heterocycles. The van der Waals surface area contributed by atoms with Crippen molar-refractivity contribution in [2.45, 2.75) is 33.1 Å². The number of carbonyl (C=O) groups excluding carboxylic acids is 2. The van der Waals surface area contributed by atoms with Crippen LogP contribution in [0.4, 0.5) is 0 Å². The molecule has 0 aliphatic carbocycles. The second-order valence-corrected chi connectivity index (χ2v) is 7.87. The van der Waals surface area contributed by atoms with Crippen molar-refractivity contribution in [1.82, 2.24) is 10.6 Å². The minimum absolute atomic E-state index is 0.0709. The van der Waals surface area contributed by atoms with Crippen LogP contribution in [-0.2, 0) is 10.2 Å². The topological polar surface area (TPSA) is 76.7 Å². The number of amides is 2. The average Bonchev–Trinajstić information content (AvgIpc) is 2.69. The van der Waals surface area contributed by atoms with Gasteiger partial charge in [-0.3, -0.25) is 9.59 Å². The van der Waals surface area contributed by atoms with E-state index in [0.717, 1.165) is 11.1 Å². The first kappa shape index (κ1) is 22.3. The van der Waals surface area contributed by atoms with Crippen molar-refractivity contribution in [3.8, 4) is 11.5 Å². The molecule has 0 heterocycles. The van der Waals surface area contributed by atoms with Crippen molar-refractivity contribution < 1.29 is 19.1 Å². The molecule has 156 valence electrons. The van der Waals surface area contributed by atoms with Gasteiger partial charge < -0.3 is 20.1 Å². The van der Waals surface area contributed by atoms with Gasteiger partial charge in [0.15, 0.2) is 6.61 Å². The minimum atomic E-state index is -0.232. The Balaban J connectivity index is 1.76. The van der Waals surface area contributed by atoms with Gasteiger partial charge in [0, 0.05) is 18.7 Å². The van der Waals surface area contributed by atoms with Crippen LogP contribution in [0.15, 0.2) is 42.5 Å². The Morgan fingerprint density at radius 3 is 2.24 bits per heavy atom. The summed E-state index contributed by atoms with van der Waals surface area (Å²) in [5.74, 6) is 0.972. The molecule has 0 saturated carbocycles. The van der Waals surface area contributed by atoms with Crippen molar-refractivity contribution in [2.24, 2.45) is 0 Å². The van der Waals surface area contributed by atoms with Crippen LogP contribution in [-0.4, -0.2) is 38.6 Å². The van der Waals surface area contributed by atoms with E-state index in [4.69, 9.17) is 9.47 Å². The van der Waals surface area contributed by atoms with Gasteiger partial charge in [0.05, 0.1) is 7.11 Å². The number of carbonyl (C=O) groups is 2. The van der Waals surface area contributed by atoms with Crippen LogP contribution in [0.5, 0.6) is 11.5 Å². The Bertz CT molecular complexity index is 839. The molecule has 6 heteroatoms. The Kier molecular flexibility index (Phi) is 7.65. The third-order valence-corrected chi connectivity index (χ3v) is 4.39. The molecule has 0 unspecified atom stereocenters.